The van der Waals surface area contributed by atoms with Crippen LogP contribution in [0.4, 0.5) is 11.4 Å². The van der Waals surface area contributed by atoms with Crippen molar-refractivity contribution in [2.24, 2.45) is 0 Å². The van der Waals surface area contributed by atoms with Crippen LogP contribution in [-0.2, 0) is 19.6 Å². The van der Waals surface area contributed by atoms with E-state index >= 15 is 0 Å². The normalized spacial score (nSPS) is 11.0. The van der Waals surface area contributed by atoms with Crippen LogP contribution in [0.2, 0.25) is 10.0 Å². The summed E-state index contributed by atoms with van der Waals surface area (Å²) >= 11 is 11.8. The van der Waals surface area contributed by atoms with Crippen molar-refractivity contribution in [2.75, 3.05) is 29.0 Å². The van der Waals surface area contributed by atoms with Crippen molar-refractivity contribution in [1.29, 1.82) is 0 Å². The summed E-state index contributed by atoms with van der Waals surface area (Å²) in [6.07, 6.45) is 0.983. The molecule has 0 aliphatic heterocycles. The molecule has 0 radical (unpaired) electrons. The van der Waals surface area contributed by atoms with Crippen LogP contribution in [0.15, 0.2) is 42.5 Å². The number of anilines is 2. The van der Waals surface area contributed by atoms with Gasteiger partial charge in [-0.2, -0.15) is 0 Å². The van der Waals surface area contributed by atoms with Gasteiger partial charge in [-0.15, -0.1) is 0 Å². The molecule has 28 heavy (non-hydrogen) atoms. The molecule has 0 aliphatic carbocycles. The monoisotopic (exact) mass is 444 g/mol. The Morgan fingerprint density at radius 2 is 1.71 bits per heavy atom. The Balaban J connectivity index is 2.14. The Morgan fingerprint density at radius 1 is 1.07 bits per heavy atom. The number of carbonyl (C=O) groups excluding carboxylic acids is 2. The minimum atomic E-state index is -3.75. The zero-order valence-electron chi connectivity index (χ0n) is 15.1. The SMILES string of the molecule is CCOC(=O)c1ccc(NC(=O)CN(c2ccc(Cl)c(Cl)c2)S(C)(=O)=O)cc1. The topological polar surface area (TPSA) is 92.8 Å². The molecule has 150 valence electrons. The van der Waals surface area contributed by atoms with Crippen LogP contribution in [-0.4, -0.2) is 39.7 Å². The number of esters is 1. The summed E-state index contributed by atoms with van der Waals surface area (Å²) in [6, 6.07) is 10.3. The quantitative estimate of drug-likeness (QED) is 0.658. The molecular formula is C18H18Cl2N2O5S. The third-order valence-corrected chi connectivity index (χ3v) is 5.44. The van der Waals surface area contributed by atoms with E-state index in [1.54, 1.807) is 6.92 Å². The largest absolute Gasteiger partial charge is 0.462 e. The number of nitrogens with zero attached hydrogens (tertiary/aromatic N) is 1. The summed E-state index contributed by atoms with van der Waals surface area (Å²) in [4.78, 5) is 24.0. The highest BCUT2D eigenvalue weighted by atomic mass is 35.5. The van der Waals surface area contributed by atoms with Gasteiger partial charge in [0.1, 0.15) is 6.54 Å². The van der Waals surface area contributed by atoms with Gasteiger partial charge in [-0.1, -0.05) is 23.2 Å². The van der Waals surface area contributed by atoms with Crippen LogP contribution in [0.1, 0.15) is 17.3 Å². The third-order valence-electron chi connectivity index (χ3n) is 3.56. The standard InChI is InChI=1S/C18H18Cl2N2O5S/c1-3-27-18(24)12-4-6-13(7-5-12)21-17(23)11-22(28(2,25)26)14-8-9-15(19)16(20)10-14/h4-10H,3,11H2,1-2H3,(H,21,23). The first-order valence-electron chi connectivity index (χ1n) is 8.11. The van der Waals surface area contributed by atoms with E-state index in [2.05, 4.69) is 5.32 Å². The number of carbonyl (C=O) groups is 2. The molecule has 0 fully saturated rings. The molecule has 1 amide bonds. The van der Waals surface area contributed by atoms with E-state index in [0.717, 1.165) is 10.6 Å². The minimum absolute atomic E-state index is 0.169. The van der Waals surface area contributed by atoms with Gasteiger partial charge >= 0.3 is 5.97 Å². The number of benzene rings is 2. The zero-order chi connectivity index (χ0) is 20.9. The molecule has 0 bridgehead atoms. The van der Waals surface area contributed by atoms with Crippen LogP contribution in [0.25, 0.3) is 0 Å². The molecule has 0 spiro atoms. The molecular weight excluding hydrogens is 427 g/mol. The minimum Gasteiger partial charge on any atom is -0.462 e. The summed E-state index contributed by atoms with van der Waals surface area (Å²) in [7, 11) is -3.75. The van der Waals surface area contributed by atoms with Crippen LogP contribution in [0.3, 0.4) is 0 Å². The number of hydrogen-bond acceptors (Lipinski definition) is 5. The molecule has 0 saturated heterocycles. The van der Waals surface area contributed by atoms with Crippen molar-refractivity contribution in [3.63, 3.8) is 0 Å². The number of rotatable bonds is 7. The summed E-state index contributed by atoms with van der Waals surface area (Å²) in [6.45, 7) is 1.50. The van der Waals surface area contributed by atoms with Crippen LogP contribution >= 0.6 is 23.2 Å². The second-order valence-corrected chi connectivity index (χ2v) is 8.44. The lowest BCUT2D eigenvalue weighted by molar-refractivity contribution is -0.114. The first-order chi connectivity index (χ1) is 13.1. The first-order valence-corrected chi connectivity index (χ1v) is 10.7. The molecule has 0 aromatic heterocycles. The van der Waals surface area contributed by atoms with Crippen LogP contribution < -0.4 is 9.62 Å². The van der Waals surface area contributed by atoms with E-state index in [-0.39, 0.29) is 22.3 Å². The predicted octanol–water partition coefficient (Wildman–Crippen LogP) is 3.57. The van der Waals surface area contributed by atoms with Gasteiger partial charge in [0, 0.05) is 5.69 Å². The highest BCUT2D eigenvalue weighted by Crippen LogP contribution is 2.28. The summed E-state index contributed by atoms with van der Waals surface area (Å²) in [5.41, 5.74) is 0.957. The van der Waals surface area contributed by atoms with Gasteiger partial charge in [0.05, 0.1) is 34.2 Å². The molecule has 2 aromatic carbocycles. The average molecular weight is 445 g/mol. The van der Waals surface area contributed by atoms with Gasteiger partial charge in [0.15, 0.2) is 0 Å². The first kappa shape index (κ1) is 22.0. The maximum Gasteiger partial charge on any atom is 0.338 e. The van der Waals surface area contributed by atoms with E-state index in [9.17, 15) is 18.0 Å². The van der Waals surface area contributed by atoms with Gasteiger partial charge in [0.2, 0.25) is 15.9 Å². The van der Waals surface area contributed by atoms with E-state index < -0.39 is 28.4 Å². The van der Waals surface area contributed by atoms with Crippen LogP contribution in [0, 0.1) is 0 Å². The fourth-order valence-electron chi connectivity index (χ4n) is 2.28. The van der Waals surface area contributed by atoms with E-state index in [1.807, 2.05) is 0 Å². The van der Waals surface area contributed by atoms with Crippen LogP contribution in [0.5, 0.6) is 0 Å². The molecule has 7 nitrogen and oxygen atoms in total. The number of sulfonamides is 1. The molecule has 0 saturated carbocycles. The molecule has 0 unspecified atom stereocenters. The Morgan fingerprint density at radius 3 is 2.25 bits per heavy atom. The second-order valence-electron chi connectivity index (χ2n) is 5.71. The van der Waals surface area contributed by atoms with Crippen molar-refractivity contribution < 1.29 is 22.7 Å². The Labute approximate surface area is 173 Å². The maximum atomic E-state index is 12.3. The predicted molar refractivity (Wildman–Crippen MR) is 110 cm³/mol. The third kappa shape index (κ3) is 5.85. The maximum absolute atomic E-state index is 12.3. The van der Waals surface area contributed by atoms with E-state index in [0.29, 0.717) is 11.3 Å². The molecule has 2 rings (SSSR count). The zero-order valence-corrected chi connectivity index (χ0v) is 17.4. The lowest BCUT2D eigenvalue weighted by Crippen LogP contribution is -2.37. The highest BCUT2D eigenvalue weighted by molar-refractivity contribution is 7.92. The second kappa shape index (κ2) is 9.27. The number of halogens is 2. The van der Waals surface area contributed by atoms with E-state index in [4.69, 9.17) is 27.9 Å². The lowest BCUT2D eigenvalue weighted by atomic mass is 10.2. The fourth-order valence-corrected chi connectivity index (χ4v) is 3.42. The molecule has 0 aliphatic rings. The summed E-state index contributed by atoms with van der Waals surface area (Å²) in [5.74, 6) is -1.04. The van der Waals surface area contributed by atoms with Gasteiger partial charge in [-0.05, 0) is 49.4 Å². The van der Waals surface area contributed by atoms with Crippen molar-refractivity contribution >= 4 is 56.5 Å². The van der Waals surface area contributed by atoms with Gasteiger partial charge in [0.25, 0.3) is 0 Å². The average Bonchev–Trinajstić information content (AvgIpc) is 2.62. The van der Waals surface area contributed by atoms with Gasteiger partial charge in [-0.3, -0.25) is 9.10 Å². The number of hydrogen-bond donors (Lipinski definition) is 1. The molecule has 1 N–H and O–H groups in total. The Hall–Kier alpha value is -2.29. The van der Waals surface area contributed by atoms with Crippen molar-refractivity contribution in [3.05, 3.63) is 58.1 Å². The molecule has 2 aromatic rings. The number of ether oxygens (including phenoxy) is 1. The number of amides is 1. The van der Waals surface area contributed by atoms with Crippen molar-refractivity contribution in [1.82, 2.24) is 0 Å². The lowest BCUT2D eigenvalue weighted by Gasteiger charge is -2.22. The number of nitrogens with one attached hydrogen (secondary N) is 1. The fraction of sp³-hybridized carbons (Fsp3) is 0.222. The molecule has 0 atom stereocenters. The van der Waals surface area contributed by atoms with Crippen molar-refractivity contribution in [3.8, 4) is 0 Å². The van der Waals surface area contributed by atoms with Gasteiger partial charge < -0.3 is 10.1 Å². The van der Waals surface area contributed by atoms with E-state index in [1.165, 1.54) is 42.5 Å². The van der Waals surface area contributed by atoms with Gasteiger partial charge in [-0.25, -0.2) is 13.2 Å². The van der Waals surface area contributed by atoms with Crippen molar-refractivity contribution in [2.45, 2.75) is 6.92 Å². The Kier molecular flexibility index (Phi) is 7.29. The Bertz CT molecular complexity index is 978. The molecule has 10 heteroatoms. The summed E-state index contributed by atoms with van der Waals surface area (Å²) < 4.78 is 30.0. The summed E-state index contributed by atoms with van der Waals surface area (Å²) in [5, 5.41) is 3.02. The molecule has 0 heterocycles. The highest BCUT2D eigenvalue weighted by Gasteiger charge is 2.21. The smallest absolute Gasteiger partial charge is 0.338 e.